The van der Waals surface area contributed by atoms with Gasteiger partial charge in [0.1, 0.15) is 0 Å². The summed E-state index contributed by atoms with van der Waals surface area (Å²) < 4.78 is 45.6. The van der Waals surface area contributed by atoms with Gasteiger partial charge in [0.25, 0.3) is 0 Å². The van der Waals surface area contributed by atoms with Crippen molar-refractivity contribution in [2.24, 2.45) is 0 Å². The van der Waals surface area contributed by atoms with Crippen LogP contribution >= 0.6 is 0 Å². The van der Waals surface area contributed by atoms with Gasteiger partial charge in [-0.1, -0.05) is 12.1 Å². The van der Waals surface area contributed by atoms with Crippen molar-refractivity contribution in [3.05, 3.63) is 52.8 Å². The highest BCUT2D eigenvalue weighted by Gasteiger charge is 2.33. The highest BCUT2D eigenvalue weighted by Crippen LogP contribution is 2.36. The van der Waals surface area contributed by atoms with Gasteiger partial charge in [0.05, 0.1) is 40.8 Å². The van der Waals surface area contributed by atoms with Crippen LogP contribution in [-0.2, 0) is 10.9 Å². The standard InChI is InChI=1S/C24H28F3N5O/c1-14-19(6-5-7-21(14)24(25,26)27)15(2)29-23-20-12-17(13-28-22(20)16(3)30-31-23)32-10-8-18(33-4)9-11-32/h5-7,12-13,15,18H,8-11H2,1-4H3,(H,29,31)/t15-/m1/s1. The number of pyridine rings is 1. The van der Waals surface area contributed by atoms with E-state index < -0.39 is 17.8 Å². The third-order valence-electron chi connectivity index (χ3n) is 6.41. The Morgan fingerprint density at radius 2 is 1.88 bits per heavy atom. The quantitative estimate of drug-likeness (QED) is 0.548. The number of hydrogen-bond donors (Lipinski definition) is 1. The summed E-state index contributed by atoms with van der Waals surface area (Å²) in [5, 5.41) is 12.6. The number of fused-ring (bicyclic) bond motifs is 1. The topological polar surface area (TPSA) is 63.2 Å². The van der Waals surface area contributed by atoms with Gasteiger partial charge < -0.3 is 15.0 Å². The van der Waals surface area contributed by atoms with Crippen LogP contribution in [0.3, 0.4) is 0 Å². The lowest BCUT2D eigenvalue weighted by Crippen LogP contribution is -2.36. The van der Waals surface area contributed by atoms with Crippen LogP contribution in [0.15, 0.2) is 30.5 Å². The smallest absolute Gasteiger partial charge is 0.381 e. The molecule has 0 amide bonds. The molecule has 3 heterocycles. The molecule has 6 nitrogen and oxygen atoms in total. The number of benzene rings is 1. The minimum atomic E-state index is -4.40. The van der Waals surface area contributed by atoms with Crippen molar-refractivity contribution in [2.75, 3.05) is 30.4 Å². The summed E-state index contributed by atoms with van der Waals surface area (Å²) in [6, 6.07) is 5.87. The fourth-order valence-corrected chi connectivity index (χ4v) is 4.49. The number of aromatic nitrogens is 3. The van der Waals surface area contributed by atoms with Crippen molar-refractivity contribution >= 4 is 22.4 Å². The maximum Gasteiger partial charge on any atom is 0.416 e. The van der Waals surface area contributed by atoms with Crippen LogP contribution in [0.5, 0.6) is 0 Å². The lowest BCUT2D eigenvalue weighted by molar-refractivity contribution is -0.138. The van der Waals surface area contributed by atoms with Crippen molar-refractivity contribution in [3.8, 4) is 0 Å². The van der Waals surface area contributed by atoms with E-state index in [0.717, 1.165) is 48.6 Å². The van der Waals surface area contributed by atoms with Gasteiger partial charge in [-0.25, -0.2) is 0 Å². The number of aryl methyl sites for hydroxylation is 1. The molecule has 9 heteroatoms. The van der Waals surface area contributed by atoms with E-state index >= 15 is 0 Å². The summed E-state index contributed by atoms with van der Waals surface area (Å²) in [7, 11) is 1.74. The van der Waals surface area contributed by atoms with Crippen LogP contribution in [-0.4, -0.2) is 41.5 Å². The Morgan fingerprint density at radius 1 is 1.15 bits per heavy atom. The van der Waals surface area contributed by atoms with Crippen molar-refractivity contribution < 1.29 is 17.9 Å². The van der Waals surface area contributed by atoms with Crippen LogP contribution in [0.4, 0.5) is 24.7 Å². The molecule has 3 aromatic rings. The van der Waals surface area contributed by atoms with Crippen LogP contribution in [0.2, 0.25) is 0 Å². The molecular formula is C24H28F3N5O. The molecule has 4 rings (SSSR count). The van der Waals surface area contributed by atoms with E-state index in [4.69, 9.17) is 4.74 Å². The number of rotatable bonds is 5. The Balaban J connectivity index is 1.66. The first-order valence-corrected chi connectivity index (χ1v) is 11.0. The molecule has 33 heavy (non-hydrogen) atoms. The number of anilines is 2. The first kappa shape index (κ1) is 23.2. The van der Waals surface area contributed by atoms with E-state index in [1.54, 1.807) is 13.2 Å². The predicted molar refractivity (Wildman–Crippen MR) is 123 cm³/mol. The number of halogens is 3. The molecule has 2 aromatic heterocycles. The van der Waals surface area contributed by atoms with Gasteiger partial charge in [0, 0.05) is 25.6 Å². The van der Waals surface area contributed by atoms with Crippen molar-refractivity contribution in [1.29, 1.82) is 0 Å². The highest BCUT2D eigenvalue weighted by atomic mass is 19.4. The number of methoxy groups -OCH3 is 1. The van der Waals surface area contributed by atoms with Crippen LogP contribution in [0.25, 0.3) is 10.9 Å². The second-order valence-corrected chi connectivity index (χ2v) is 8.53. The van der Waals surface area contributed by atoms with Crippen LogP contribution in [0, 0.1) is 13.8 Å². The molecule has 1 fully saturated rings. The van der Waals surface area contributed by atoms with Crippen molar-refractivity contribution in [1.82, 2.24) is 15.2 Å². The average molecular weight is 460 g/mol. The predicted octanol–water partition coefficient (Wildman–Crippen LogP) is 5.45. The van der Waals surface area contributed by atoms with E-state index in [9.17, 15) is 13.2 Å². The largest absolute Gasteiger partial charge is 0.416 e. The van der Waals surface area contributed by atoms with Crippen molar-refractivity contribution in [3.63, 3.8) is 0 Å². The highest BCUT2D eigenvalue weighted by molar-refractivity contribution is 5.92. The third-order valence-corrected chi connectivity index (χ3v) is 6.41. The van der Waals surface area contributed by atoms with Crippen LogP contribution in [0.1, 0.15) is 48.2 Å². The molecular weight excluding hydrogens is 431 g/mol. The SMILES string of the molecule is COC1CCN(c2cnc3c(C)nnc(N[C@H](C)c4cccc(C(F)(F)F)c4C)c3c2)CC1. The monoisotopic (exact) mass is 459 g/mol. The van der Waals surface area contributed by atoms with E-state index in [2.05, 4.69) is 25.4 Å². The van der Waals surface area contributed by atoms with Gasteiger partial charge in [0.15, 0.2) is 5.82 Å². The Kier molecular flexibility index (Phi) is 6.43. The minimum absolute atomic E-state index is 0.203. The first-order chi connectivity index (χ1) is 15.7. The third kappa shape index (κ3) is 4.73. The van der Waals surface area contributed by atoms with E-state index in [-0.39, 0.29) is 11.7 Å². The summed E-state index contributed by atoms with van der Waals surface area (Å²) in [6.45, 7) is 6.90. The fourth-order valence-electron chi connectivity index (χ4n) is 4.49. The lowest BCUT2D eigenvalue weighted by Gasteiger charge is -2.32. The molecule has 1 atom stereocenters. The second-order valence-electron chi connectivity index (χ2n) is 8.53. The molecule has 1 aromatic carbocycles. The molecule has 0 unspecified atom stereocenters. The zero-order valence-corrected chi connectivity index (χ0v) is 19.2. The van der Waals surface area contributed by atoms with Gasteiger partial charge >= 0.3 is 6.18 Å². The number of piperidine rings is 1. The summed E-state index contributed by atoms with van der Waals surface area (Å²) >= 11 is 0. The molecule has 0 saturated carbocycles. The minimum Gasteiger partial charge on any atom is -0.381 e. The number of nitrogens with one attached hydrogen (secondary N) is 1. The molecule has 0 spiro atoms. The molecule has 1 saturated heterocycles. The normalized spacial score (nSPS) is 16.3. The first-order valence-electron chi connectivity index (χ1n) is 11.0. The molecule has 0 radical (unpaired) electrons. The zero-order valence-electron chi connectivity index (χ0n) is 19.2. The zero-order chi connectivity index (χ0) is 23.8. The van der Waals surface area contributed by atoms with E-state index in [1.165, 1.54) is 13.0 Å². The van der Waals surface area contributed by atoms with Gasteiger partial charge in [0.2, 0.25) is 0 Å². The summed E-state index contributed by atoms with van der Waals surface area (Å²) in [5.74, 6) is 0.501. The molecule has 176 valence electrons. The molecule has 0 bridgehead atoms. The van der Waals surface area contributed by atoms with E-state index in [0.29, 0.717) is 17.1 Å². The van der Waals surface area contributed by atoms with Gasteiger partial charge in [-0.2, -0.15) is 18.3 Å². The second kappa shape index (κ2) is 9.13. The Bertz CT molecular complexity index is 1140. The Morgan fingerprint density at radius 3 is 2.55 bits per heavy atom. The molecule has 0 aliphatic carbocycles. The fraction of sp³-hybridized carbons (Fsp3) is 0.458. The molecule has 1 N–H and O–H groups in total. The summed E-state index contributed by atoms with van der Waals surface area (Å²) in [5.41, 5.74) is 2.53. The van der Waals surface area contributed by atoms with Crippen molar-refractivity contribution in [2.45, 2.75) is 51.9 Å². The maximum absolute atomic E-state index is 13.4. The Labute approximate surface area is 191 Å². The summed E-state index contributed by atoms with van der Waals surface area (Å²) in [4.78, 5) is 6.90. The molecule has 1 aliphatic heterocycles. The molecule has 1 aliphatic rings. The van der Waals surface area contributed by atoms with E-state index in [1.807, 2.05) is 26.1 Å². The van der Waals surface area contributed by atoms with Crippen LogP contribution < -0.4 is 10.2 Å². The average Bonchev–Trinajstić information content (AvgIpc) is 2.80. The maximum atomic E-state index is 13.4. The summed E-state index contributed by atoms with van der Waals surface area (Å²) in [6.07, 6.45) is -0.394. The van der Waals surface area contributed by atoms with Gasteiger partial charge in [-0.15, -0.1) is 5.10 Å². The number of nitrogens with zero attached hydrogens (tertiary/aromatic N) is 4. The van der Waals surface area contributed by atoms with Gasteiger partial charge in [-0.05, 0) is 56.9 Å². The van der Waals surface area contributed by atoms with Gasteiger partial charge in [-0.3, -0.25) is 4.98 Å². The number of ether oxygens (including phenoxy) is 1. The Hall–Kier alpha value is -2.94. The lowest BCUT2D eigenvalue weighted by atomic mass is 9.97. The number of alkyl halides is 3. The number of hydrogen-bond acceptors (Lipinski definition) is 6.